The van der Waals surface area contributed by atoms with Crippen LogP contribution in [-0.4, -0.2) is 45.4 Å². The van der Waals surface area contributed by atoms with Gasteiger partial charge in [-0.15, -0.1) is 13.2 Å². The molecule has 40 heavy (non-hydrogen) atoms. The predicted octanol–water partition coefficient (Wildman–Crippen LogP) is 5.79. The highest BCUT2D eigenvalue weighted by Gasteiger charge is 2.34. The van der Waals surface area contributed by atoms with E-state index in [9.17, 15) is 23.1 Å². The van der Waals surface area contributed by atoms with Crippen molar-refractivity contribution in [2.75, 3.05) is 18.5 Å². The van der Waals surface area contributed by atoms with Gasteiger partial charge in [-0.1, -0.05) is 39.0 Å². The Balaban J connectivity index is 1.52. The molecule has 3 heterocycles. The van der Waals surface area contributed by atoms with Crippen molar-refractivity contribution in [3.63, 3.8) is 0 Å². The molecule has 0 amide bonds. The smallest absolute Gasteiger partial charge is 0.481 e. The van der Waals surface area contributed by atoms with Crippen LogP contribution in [0.1, 0.15) is 67.6 Å². The summed E-state index contributed by atoms with van der Waals surface area (Å²) >= 11 is 0. The first-order valence-corrected chi connectivity index (χ1v) is 13.3. The summed E-state index contributed by atoms with van der Waals surface area (Å²) in [5, 5.41) is 17.4. The molecule has 1 aliphatic rings. The Labute approximate surface area is 231 Å². The maximum Gasteiger partial charge on any atom is 0.573 e. The van der Waals surface area contributed by atoms with Gasteiger partial charge in [0.25, 0.3) is 0 Å². The molecule has 4 rings (SSSR count). The number of alkyl halides is 3. The third kappa shape index (κ3) is 7.67. The Morgan fingerprint density at radius 2 is 1.93 bits per heavy atom. The number of pyridine rings is 1. The molecule has 3 aromatic rings. The fourth-order valence-corrected chi connectivity index (χ4v) is 4.82. The maximum atomic E-state index is 13.2. The molecular formula is C29H35F3N4O4. The van der Waals surface area contributed by atoms with E-state index >= 15 is 0 Å². The van der Waals surface area contributed by atoms with Gasteiger partial charge in [0.1, 0.15) is 11.6 Å². The Morgan fingerprint density at radius 3 is 2.62 bits per heavy atom. The summed E-state index contributed by atoms with van der Waals surface area (Å²) in [4.78, 5) is 16.4. The molecule has 2 N–H and O–H groups in total. The number of aryl methyl sites for hydroxylation is 2. The molecular weight excluding hydrogens is 525 g/mol. The van der Waals surface area contributed by atoms with E-state index in [1.165, 1.54) is 16.3 Å². The molecule has 0 saturated heterocycles. The average Bonchev–Trinajstić information content (AvgIpc) is 3.20. The number of carboxylic acids is 1. The van der Waals surface area contributed by atoms with Crippen molar-refractivity contribution in [3.8, 4) is 11.6 Å². The molecule has 1 aromatic carbocycles. The van der Waals surface area contributed by atoms with Gasteiger partial charge in [0, 0.05) is 37.7 Å². The van der Waals surface area contributed by atoms with Crippen molar-refractivity contribution in [1.82, 2.24) is 14.8 Å². The lowest BCUT2D eigenvalue weighted by atomic mass is 9.82. The first-order chi connectivity index (χ1) is 18.8. The van der Waals surface area contributed by atoms with Crippen LogP contribution in [0.2, 0.25) is 0 Å². The minimum Gasteiger partial charge on any atom is -0.481 e. The van der Waals surface area contributed by atoms with Gasteiger partial charge in [0.2, 0.25) is 5.88 Å². The second-order valence-corrected chi connectivity index (χ2v) is 11.1. The van der Waals surface area contributed by atoms with Crippen molar-refractivity contribution in [3.05, 3.63) is 64.5 Å². The van der Waals surface area contributed by atoms with Crippen molar-refractivity contribution in [2.45, 2.75) is 70.6 Å². The van der Waals surface area contributed by atoms with Crippen molar-refractivity contribution in [2.24, 2.45) is 7.05 Å². The molecule has 1 aliphatic heterocycles. The normalized spacial score (nSPS) is 14.3. The van der Waals surface area contributed by atoms with Gasteiger partial charge in [-0.25, -0.2) is 9.67 Å². The highest BCUT2D eigenvalue weighted by molar-refractivity contribution is 5.68. The van der Waals surface area contributed by atoms with Crippen LogP contribution < -0.4 is 14.8 Å². The van der Waals surface area contributed by atoms with Gasteiger partial charge in [-0.2, -0.15) is 5.10 Å². The van der Waals surface area contributed by atoms with Crippen LogP contribution in [0.15, 0.2) is 36.4 Å². The monoisotopic (exact) mass is 560 g/mol. The van der Waals surface area contributed by atoms with Crippen LogP contribution >= 0.6 is 0 Å². The largest absolute Gasteiger partial charge is 0.573 e. The number of nitrogens with zero attached hydrogens (tertiary/aromatic N) is 3. The minimum absolute atomic E-state index is 0.0867. The number of hydrogen-bond donors (Lipinski definition) is 2. The minimum atomic E-state index is -4.92. The van der Waals surface area contributed by atoms with Gasteiger partial charge in [0.05, 0.1) is 18.7 Å². The van der Waals surface area contributed by atoms with Crippen LogP contribution in [0.5, 0.6) is 11.6 Å². The van der Waals surface area contributed by atoms with Crippen LogP contribution in [-0.2, 0) is 36.5 Å². The molecule has 2 aromatic heterocycles. The third-order valence-corrected chi connectivity index (χ3v) is 6.87. The predicted molar refractivity (Wildman–Crippen MR) is 144 cm³/mol. The Bertz CT molecular complexity index is 1350. The summed E-state index contributed by atoms with van der Waals surface area (Å²) in [6, 6.07) is 10.2. The lowest BCUT2D eigenvalue weighted by Gasteiger charge is -2.25. The van der Waals surface area contributed by atoms with E-state index in [0.717, 1.165) is 36.5 Å². The van der Waals surface area contributed by atoms with Crippen LogP contribution in [0.3, 0.4) is 0 Å². The summed E-state index contributed by atoms with van der Waals surface area (Å²) in [7, 11) is 1.70. The fraction of sp³-hybridized carbons (Fsp3) is 0.483. The number of aliphatic carboxylic acids is 1. The molecule has 0 fully saturated rings. The van der Waals surface area contributed by atoms with Crippen LogP contribution in [0.4, 0.5) is 19.0 Å². The second-order valence-electron chi connectivity index (χ2n) is 11.1. The molecule has 216 valence electrons. The number of benzene rings is 1. The first-order valence-electron chi connectivity index (χ1n) is 13.3. The van der Waals surface area contributed by atoms with Crippen molar-refractivity contribution < 1.29 is 32.5 Å². The molecule has 1 unspecified atom stereocenters. The molecule has 0 radical (unpaired) electrons. The van der Waals surface area contributed by atoms with E-state index in [0.29, 0.717) is 24.6 Å². The SMILES string of the molecule is Cn1nc(CC(CC(=O)O)c2cc(C(C)(C)C)ccc2OC(F)(F)F)cc1OCCc1ccc2c(n1)NCCC2. The Morgan fingerprint density at radius 1 is 1.15 bits per heavy atom. The molecule has 0 saturated carbocycles. The van der Waals surface area contributed by atoms with E-state index in [1.54, 1.807) is 25.2 Å². The average molecular weight is 561 g/mol. The summed E-state index contributed by atoms with van der Waals surface area (Å²) in [5.74, 6) is -0.974. The zero-order valence-electron chi connectivity index (χ0n) is 23.1. The van der Waals surface area contributed by atoms with E-state index < -0.39 is 30.4 Å². The molecule has 11 heteroatoms. The van der Waals surface area contributed by atoms with Crippen LogP contribution in [0, 0.1) is 0 Å². The zero-order valence-corrected chi connectivity index (χ0v) is 23.1. The number of hydrogen-bond acceptors (Lipinski definition) is 6. The number of fused-ring (bicyclic) bond motifs is 1. The number of carboxylic acid groups (broad SMARTS) is 1. The van der Waals surface area contributed by atoms with Gasteiger partial charge in [0.15, 0.2) is 0 Å². The van der Waals surface area contributed by atoms with E-state index in [2.05, 4.69) is 26.2 Å². The number of nitrogens with one attached hydrogen (secondary N) is 1. The van der Waals surface area contributed by atoms with Gasteiger partial charge in [-0.3, -0.25) is 4.79 Å². The lowest BCUT2D eigenvalue weighted by Crippen LogP contribution is -2.21. The lowest BCUT2D eigenvalue weighted by molar-refractivity contribution is -0.275. The number of anilines is 1. The van der Waals surface area contributed by atoms with Gasteiger partial charge >= 0.3 is 12.3 Å². The van der Waals surface area contributed by atoms with E-state index in [1.807, 2.05) is 26.8 Å². The van der Waals surface area contributed by atoms with Crippen LogP contribution in [0.25, 0.3) is 0 Å². The van der Waals surface area contributed by atoms with E-state index in [-0.39, 0.29) is 17.4 Å². The fourth-order valence-electron chi connectivity index (χ4n) is 4.82. The number of halogens is 3. The molecule has 1 atom stereocenters. The number of ether oxygens (including phenoxy) is 2. The Hall–Kier alpha value is -3.76. The summed E-state index contributed by atoms with van der Waals surface area (Å²) in [6.45, 7) is 7.05. The highest BCUT2D eigenvalue weighted by atomic mass is 19.4. The number of rotatable bonds is 10. The third-order valence-electron chi connectivity index (χ3n) is 6.87. The molecule has 0 spiro atoms. The standard InChI is InChI=1S/C29H35F3N4O4/c1-28(2,3)20-8-10-24(40-29(30,31)32)23(16-20)19(15-26(37)38)14-22-17-25(36(4)35-22)39-13-11-21-9-7-18-6-5-12-33-27(18)34-21/h7-10,16-17,19H,5-6,11-15H2,1-4H3,(H,33,34)(H,37,38). The molecule has 8 nitrogen and oxygen atoms in total. The second kappa shape index (κ2) is 11.8. The zero-order chi connectivity index (χ0) is 29.1. The summed E-state index contributed by atoms with van der Waals surface area (Å²) < 4.78 is 51.4. The number of carbonyl (C=O) groups is 1. The topological polar surface area (TPSA) is 98.5 Å². The number of aromatic nitrogens is 3. The van der Waals surface area contributed by atoms with Gasteiger partial charge in [-0.05, 0) is 53.5 Å². The van der Waals surface area contributed by atoms with E-state index in [4.69, 9.17) is 4.74 Å². The summed E-state index contributed by atoms with van der Waals surface area (Å²) in [6.07, 6.45) is -2.55. The summed E-state index contributed by atoms with van der Waals surface area (Å²) in [5.41, 5.74) is 3.18. The molecule has 0 aliphatic carbocycles. The quantitative estimate of drug-likeness (QED) is 0.324. The molecule has 0 bridgehead atoms. The highest BCUT2D eigenvalue weighted by Crippen LogP contribution is 2.38. The maximum absolute atomic E-state index is 13.2. The van der Waals surface area contributed by atoms with Crippen molar-refractivity contribution >= 4 is 11.8 Å². The first kappa shape index (κ1) is 29.2. The van der Waals surface area contributed by atoms with Crippen molar-refractivity contribution in [1.29, 1.82) is 0 Å². The van der Waals surface area contributed by atoms with Gasteiger partial charge < -0.3 is 19.9 Å². The Kier molecular flexibility index (Phi) is 8.60.